The summed E-state index contributed by atoms with van der Waals surface area (Å²) in [6.07, 6.45) is 7.99. The maximum absolute atomic E-state index is 11.0. The zero-order valence-corrected chi connectivity index (χ0v) is 27.8. The van der Waals surface area contributed by atoms with Gasteiger partial charge in [-0.3, -0.25) is 0 Å². The number of aromatic nitrogens is 1. The molecule has 1 atom stereocenters. The van der Waals surface area contributed by atoms with Gasteiger partial charge < -0.3 is 4.98 Å². The molecule has 4 aromatic carbocycles. The molecule has 1 aromatic heterocycles. The highest BCUT2D eigenvalue weighted by Crippen LogP contribution is 2.44. The van der Waals surface area contributed by atoms with Crippen molar-refractivity contribution in [2.45, 2.75) is 0 Å². The second-order valence-corrected chi connectivity index (χ2v) is 12.6. The van der Waals surface area contributed by atoms with Gasteiger partial charge in [0.05, 0.1) is 34.6 Å². The molecule has 52 heavy (non-hydrogen) atoms. The highest BCUT2D eigenvalue weighted by atomic mass is 14.9. The molecule has 0 radical (unpaired) electrons. The lowest BCUT2D eigenvalue weighted by Gasteiger charge is -2.18. The summed E-state index contributed by atoms with van der Waals surface area (Å²) >= 11 is 0. The van der Waals surface area contributed by atoms with Crippen LogP contribution in [-0.2, 0) is 0 Å². The van der Waals surface area contributed by atoms with Gasteiger partial charge >= 0.3 is 0 Å². The van der Waals surface area contributed by atoms with Crippen LogP contribution in [0.4, 0.5) is 0 Å². The van der Waals surface area contributed by atoms with Crippen molar-refractivity contribution >= 4 is 39.4 Å². The van der Waals surface area contributed by atoms with Gasteiger partial charge in [0.25, 0.3) is 0 Å². The Labute approximate surface area is 300 Å². The molecule has 1 N–H and O–H groups in total. The van der Waals surface area contributed by atoms with Crippen molar-refractivity contribution in [3.63, 3.8) is 0 Å². The fraction of sp³-hybridized carbons (Fsp3) is 0.0217. The normalized spacial score (nSPS) is 17.7. The van der Waals surface area contributed by atoms with E-state index in [1.807, 2.05) is 121 Å². The SMILES string of the molecule is N#CC1=C2C(c3ccccc3)=C3C=CC(=N3)C(c3ccccc3)=c3ccc([nH]3)=C(c3ccccc3)C3=NC(=C(c4ccccc4)C(=N1)C2C#N)C=C3. The number of rotatable bonds is 4. The van der Waals surface area contributed by atoms with Gasteiger partial charge in [0.2, 0.25) is 0 Å². The number of nitrogens with zero attached hydrogens (tertiary/aromatic N) is 5. The average Bonchev–Trinajstić information content (AvgIpc) is 4.03. The maximum Gasteiger partial charge on any atom is 0.146 e. The molecule has 5 aromatic rings. The van der Waals surface area contributed by atoms with E-state index in [2.05, 4.69) is 53.5 Å². The molecule has 0 saturated carbocycles. The standard InChI is InChI=1S/C46H28N6/c47-27-33-45-40(28-48)52-46(33)44(32-19-11-4-12-20-32)39-26-24-37(51-39)42(30-15-7-2-8-16-30)35-22-21-34(49-35)41(29-13-5-1-6-14-29)36-23-25-38(50-36)43(45)31-17-9-3-10-18-31/h1-26,33,49H. The fourth-order valence-electron chi connectivity index (χ4n) is 7.33. The Balaban J connectivity index is 1.45. The number of aromatic amines is 1. The first-order valence-electron chi connectivity index (χ1n) is 17.0. The van der Waals surface area contributed by atoms with Crippen LogP contribution >= 0.6 is 0 Å². The minimum atomic E-state index is -0.869. The van der Waals surface area contributed by atoms with Gasteiger partial charge in [0.1, 0.15) is 17.7 Å². The molecule has 0 amide bonds. The molecule has 5 heterocycles. The van der Waals surface area contributed by atoms with Gasteiger partial charge in [-0.2, -0.15) is 10.5 Å². The summed E-state index contributed by atoms with van der Waals surface area (Å²) in [5, 5.41) is 23.5. The van der Waals surface area contributed by atoms with Gasteiger partial charge in [-0.25, -0.2) is 15.0 Å². The Kier molecular flexibility index (Phi) is 7.54. The average molecular weight is 665 g/mol. The van der Waals surface area contributed by atoms with E-state index >= 15 is 0 Å². The van der Waals surface area contributed by atoms with Crippen molar-refractivity contribution in [2.24, 2.45) is 20.9 Å². The van der Waals surface area contributed by atoms with Crippen LogP contribution < -0.4 is 10.7 Å². The van der Waals surface area contributed by atoms with Gasteiger partial charge in [-0.05, 0) is 58.7 Å². The van der Waals surface area contributed by atoms with Crippen LogP contribution in [0.25, 0.3) is 22.3 Å². The van der Waals surface area contributed by atoms with Crippen molar-refractivity contribution in [1.82, 2.24) is 4.98 Å². The van der Waals surface area contributed by atoms with Crippen LogP contribution in [0.3, 0.4) is 0 Å². The number of aliphatic imine (C=N–C) groups is 3. The van der Waals surface area contributed by atoms with E-state index in [0.717, 1.165) is 55.5 Å². The summed E-state index contributed by atoms with van der Waals surface area (Å²) in [5.41, 5.74) is 11.0. The van der Waals surface area contributed by atoms with E-state index in [9.17, 15) is 10.5 Å². The van der Waals surface area contributed by atoms with Crippen LogP contribution in [0.15, 0.2) is 195 Å². The molecule has 6 nitrogen and oxygen atoms in total. The molecular weight excluding hydrogens is 637 g/mol. The third kappa shape index (κ3) is 5.15. The van der Waals surface area contributed by atoms with Gasteiger partial charge in [0.15, 0.2) is 0 Å². The second kappa shape index (κ2) is 12.8. The number of allylic oxidation sites excluding steroid dienone is 8. The van der Waals surface area contributed by atoms with Crippen LogP contribution in [-0.4, -0.2) is 22.1 Å². The molecule has 0 aliphatic carbocycles. The molecule has 0 saturated heterocycles. The van der Waals surface area contributed by atoms with Crippen molar-refractivity contribution in [3.8, 4) is 12.1 Å². The Morgan fingerprint density at radius 3 is 1.33 bits per heavy atom. The van der Waals surface area contributed by atoms with Crippen molar-refractivity contribution < 1.29 is 0 Å². The Morgan fingerprint density at radius 1 is 0.462 bits per heavy atom. The quantitative estimate of drug-likeness (QED) is 0.214. The van der Waals surface area contributed by atoms with Crippen LogP contribution in [0.2, 0.25) is 0 Å². The van der Waals surface area contributed by atoms with Crippen molar-refractivity contribution in [1.29, 1.82) is 10.5 Å². The predicted octanol–water partition coefficient (Wildman–Crippen LogP) is 7.64. The summed E-state index contributed by atoms with van der Waals surface area (Å²) in [4.78, 5) is 19.3. The highest BCUT2D eigenvalue weighted by molar-refractivity contribution is 6.34. The number of hydrogen-bond donors (Lipinski definition) is 1. The Morgan fingerprint density at radius 2 is 0.885 bits per heavy atom. The number of nitrogens with one attached hydrogen (secondary N) is 1. The van der Waals surface area contributed by atoms with E-state index in [0.29, 0.717) is 33.8 Å². The first kappa shape index (κ1) is 30.6. The van der Waals surface area contributed by atoms with Crippen LogP contribution in [0.1, 0.15) is 22.3 Å². The largest absolute Gasteiger partial charge is 0.354 e. The Hall–Kier alpha value is -7.41. The minimum absolute atomic E-state index is 0.187. The third-order valence-electron chi connectivity index (χ3n) is 9.59. The van der Waals surface area contributed by atoms with E-state index in [1.165, 1.54) is 0 Å². The third-order valence-corrected chi connectivity index (χ3v) is 9.59. The number of benzene rings is 4. The lowest BCUT2D eigenvalue weighted by Crippen LogP contribution is -2.21. The zero-order chi connectivity index (χ0) is 35.0. The molecule has 242 valence electrons. The molecule has 8 bridgehead atoms. The van der Waals surface area contributed by atoms with Crippen molar-refractivity contribution in [2.75, 3.05) is 0 Å². The summed E-state index contributed by atoms with van der Waals surface area (Å²) in [5.74, 6) is -0.869. The number of H-pyrrole nitrogens is 1. The predicted molar refractivity (Wildman–Crippen MR) is 207 cm³/mol. The smallest absolute Gasteiger partial charge is 0.146 e. The zero-order valence-electron chi connectivity index (χ0n) is 27.8. The number of hydrogen-bond acceptors (Lipinski definition) is 5. The number of fused-ring (bicyclic) bond motifs is 6. The van der Waals surface area contributed by atoms with E-state index in [1.54, 1.807) is 0 Å². The van der Waals surface area contributed by atoms with Gasteiger partial charge in [0, 0.05) is 38.6 Å². The highest BCUT2D eigenvalue weighted by Gasteiger charge is 2.38. The summed E-state index contributed by atoms with van der Waals surface area (Å²) in [7, 11) is 0. The summed E-state index contributed by atoms with van der Waals surface area (Å²) in [6, 6.07) is 49.2. The molecule has 0 fully saturated rings. The minimum Gasteiger partial charge on any atom is -0.354 e. The first-order chi connectivity index (χ1) is 25.7. The second-order valence-electron chi connectivity index (χ2n) is 12.6. The van der Waals surface area contributed by atoms with E-state index in [4.69, 9.17) is 15.0 Å². The molecule has 9 rings (SSSR count). The van der Waals surface area contributed by atoms with Gasteiger partial charge in [-0.15, -0.1) is 0 Å². The lowest BCUT2D eigenvalue weighted by molar-refractivity contribution is 1.11. The van der Waals surface area contributed by atoms with Crippen LogP contribution in [0, 0.1) is 28.6 Å². The number of nitriles is 2. The first-order valence-corrected chi connectivity index (χ1v) is 17.0. The molecule has 4 aliphatic heterocycles. The maximum atomic E-state index is 11.0. The van der Waals surface area contributed by atoms with Crippen LogP contribution in [0.5, 0.6) is 0 Å². The van der Waals surface area contributed by atoms with E-state index in [-0.39, 0.29) is 5.70 Å². The molecule has 4 aliphatic rings. The van der Waals surface area contributed by atoms with Crippen molar-refractivity contribution in [3.05, 3.63) is 213 Å². The fourth-order valence-corrected chi connectivity index (χ4v) is 7.33. The lowest BCUT2D eigenvalue weighted by atomic mass is 9.82. The topological polar surface area (TPSA) is 100 Å². The molecule has 0 spiro atoms. The molecular formula is C46H28N6. The monoisotopic (exact) mass is 664 g/mol. The summed E-state index contributed by atoms with van der Waals surface area (Å²) in [6.45, 7) is 0. The summed E-state index contributed by atoms with van der Waals surface area (Å²) < 4.78 is 0. The molecule has 6 heteroatoms. The Bertz CT molecular complexity index is 2760. The van der Waals surface area contributed by atoms with E-state index < -0.39 is 5.92 Å². The molecule has 1 unspecified atom stereocenters. The van der Waals surface area contributed by atoms with Gasteiger partial charge in [-0.1, -0.05) is 121 Å².